The molecule has 0 unspecified atom stereocenters. The first-order valence-electron chi connectivity index (χ1n) is 8.68. The highest BCUT2D eigenvalue weighted by molar-refractivity contribution is 5.93. The maximum atomic E-state index is 12.2. The van der Waals surface area contributed by atoms with Crippen LogP contribution < -0.4 is 5.32 Å². The Balaban J connectivity index is 1.69. The fraction of sp³-hybridized carbons (Fsp3) is 0.474. The number of rotatable bonds is 4. The zero-order chi connectivity index (χ0) is 18.4. The van der Waals surface area contributed by atoms with Crippen LogP contribution in [0.15, 0.2) is 41.6 Å². The van der Waals surface area contributed by atoms with Crippen molar-refractivity contribution in [3.63, 3.8) is 0 Å². The highest BCUT2D eigenvalue weighted by Gasteiger charge is 2.41. The standard InChI is InChI=1S/C19H23NO6/c1-23-17(21)16(15-8-5-9-19(12-15)25-10-11-26-19)20-18(22)24-13-14-6-3-2-4-7-14/h2-4,6-7H,5,8-13H2,1H3,(H,20,22). The minimum Gasteiger partial charge on any atom is -0.464 e. The molecule has 7 heteroatoms. The van der Waals surface area contributed by atoms with Crippen LogP contribution in [0.25, 0.3) is 0 Å². The molecule has 1 heterocycles. The van der Waals surface area contributed by atoms with Gasteiger partial charge in [-0.15, -0.1) is 0 Å². The first-order valence-corrected chi connectivity index (χ1v) is 8.68. The fourth-order valence-electron chi connectivity index (χ4n) is 3.28. The van der Waals surface area contributed by atoms with Gasteiger partial charge in [0.05, 0.1) is 20.3 Å². The van der Waals surface area contributed by atoms with Crippen molar-refractivity contribution < 1.29 is 28.5 Å². The number of hydrogen-bond acceptors (Lipinski definition) is 6. The highest BCUT2D eigenvalue weighted by atomic mass is 16.7. The molecule has 1 N–H and O–H groups in total. The number of methoxy groups -OCH3 is 1. The lowest BCUT2D eigenvalue weighted by atomic mass is 9.88. The number of amides is 1. The summed E-state index contributed by atoms with van der Waals surface area (Å²) in [6.45, 7) is 1.19. The number of nitrogens with one attached hydrogen (secondary N) is 1. The second kappa shape index (κ2) is 8.33. The van der Waals surface area contributed by atoms with E-state index in [1.807, 2.05) is 30.3 Å². The Labute approximate surface area is 152 Å². The molecule has 1 saturated carbocycles. The van der Waals surface area contributed by atoms with Crippen LogP contribution in [0.4, 0.5) is 4.79 Å². The highest BCUT2D eigenvalue weighted by Crippen LogP contribution is 2.39. The van der Waals surface area contributed by atoms with E-state index in [2.05, 4.69) is 5.32 Å². The van der Waals surface area contributed by atoms with Crippen molar-refractivity contribution in [2.45, 2.75) is 38.1 Å². The number of esters is 1. The van der Waals surface area contributed by atoms with Gasteiger partial charge in [0.1, 0.15) is 12.3 Å². The lowest BCUT2D eigenvalue weighted by Gasteiger charge is -2.33. The van der Waals surface area contributed by atoms with Crippen molar-refractivity contribution in [2.75, 3.05) is 20.3 Å². The van der Waals surface area contributed by atoms with Crippen LogP contribution in [-0.4, -0.2) is 38.2 Å². The number of benzene rings is 1. The number of ether oxygens (including phenoxy) is 4. The monoisotopic (exact) mass is 361 g/mol. The molecule has 7 nitrogen and oxygen atoms in total. The van der Waals surface area contributed by atoms with Crippen LogP contribution in [0.2, 0.25) is 0 Å². The SMILES string of the molecule is COC(=O)C(NC(=O)OCc1ccccc1)=C1CCCC2(C1)OCCO2. The minimum absolute atomic E-state index is 0.115. The van der Waals surface area contributed by atoms with Crippen molar-refractivity contribution in [2.24, 2.45) is 0 Å². The van der Waals surface area contributed by atoms with E-state index in [0.29, 0.717) is 26.1 Å². The quantitative estimate of drug-likeness (QED) is 0.656. The molecule has 1 spiro atoms. The summed E-state index contributed by atoms with van der Waals surface area (Å²) in [6.07, 6.45) is 1.96. The molecule has 0 aromatic heterocycles. The van der Waals surface area contributed by atoms with Gasteiger partial charge in [0.15, 0.2) is 5.79 Å². The van der Waals surface area contributed by atoms with Crippen molar-refractivity contribution in [1.82, 2.24) is 5.32 Å². The van der Waals surface area contributed by atoms with Crippen LogP contribution in [0.3, 0.4) is 0 Å². The van der Waals surface area contributed by atoms with Crippen LogP contribution >= 0.6 is 0 Å². The summed E-state index contributed by atoms with van der Waals surface area (Å²) < 4.78 is 21.5. The maximum absolute atomic E-state index is 12.2. The molecular formula is C19H23NO6. The summed E-state index contributed by atoms with van der Waals surface area (Å²) in [5, 5.41) is 2.55. The molecule has 140 valence electrons. The number of carbonyl (C=O) groups is 2. The molecule has 3 rings (SSSR count). The van der Waals surface area contributed by atoms with E-state index in [9.17, 15) is 9.59 Å². The molecule has 1 saturated heterocycles. The van der Waals surface area contributed by atoms with Gasteiger partial charge in [-0.3, -0.25) is 5.32 Å². The van der Waals surface area contributed by atoms with Gasteiger partial charge in [0, 0.05) is 12.8 Å². The lowest BCUT2D eigenvalue weighted by molar-refractivity contribution is -0.167. The van der Waals surface area contributed by atoms with Crippen molar-refractivity contribution in [1.29, 1.82) is 0 Å². The number of hydrogen-bond donors (Lipinski definition) is 1. The third kappa shape index (κ3) is 4.42. The maximum Gasteiger partial charge on any atom is 0.412 e. The van der Waals surface area contributed by atoms with Crippen molar-refractivity contribution in [3.8, 4) is 0 Å². The molecule has 0 bridgehead atoms. The molecule has 1 aromatic rings. The van der Waals surface area contributed by atoms with E-state index in [-0.39, 0.29) is 12.3 Å². The van der Waals surface area contributed by atoms with E-state index in [4.69, 9.17) is 18.9 Å². The first kappa shape index (κ1) is 18.4. The van der Waals surface area contributed by atoms with Gasteiger partial charge in [-0.1, -0.05) is 30.3 Å². The van der Waals surface area contributed by atoms with E-state index in [1.54, 1.807) is 0 Å². The predicted octanol–water partition coefficient (Wildman–Crippen LogP) is 2.66. The van der Waals surface area contributed by atoms with E-state index in [1.165, 1.54) is 7.11 Å². The summed E-state index contributed by atoms with van der Waals surface area (Å²) in [4.78, 5) is 24.4. The Kier molecular flexibility index (Phi) is 5.90. The van der Waals surface area contributed by atoms with Crippen molar-refractivity contribution >= 4 is 12.1 Å². The Morgan fingerprint density at radius 1 is 1.19 bits per heavy atom. The second-order valence-electron chi connectivity index (χ2n) is 6.29. The zero-order valence-electron chi connectivity index (χ0n) is 14.8. The van der Waals surface area contributed by atoms with Crippen molar-refractivity contribution in [3.05, 3.63) is 47.2 Å². The summed E-state index contributed by atoms with van der Waals surface area (Å²) in [6, 6.07) is 9.32. The average Bonchev–Trinajstić information content (AvgIpc) is 3.12. The van der Waals surface area contributed by atoms with Crippen LogP contribution in [0.1, 0.15) is 31.2 Å². The molecule has 1 aliphatic carbocycles. The third-order valence-electron chi connectivity index (χ3n) is 4.52. The van der Waals surface area contributed by atoms with E-state index >= 15 is 0 Å². The summed E-state index contributed by atoms with van der Waals surface area (Å²) in [5.41, 5.74) is 1.73. The normalized spacial score (nSPS) is 20.5. The molecule has 0 radical (unpaired) electrons. The van der Waals surface area contributed by atoms with Gasteiger partial charge in [-0.25, -0.2) is 9.59 Å². The van der Waals surface area contributed by atoms with E-state index < -0.39 is 17.8 Å². The summed E-state index contributed by atoms with van der Waals surface area (Å²) in [7, 11) is 1.28. The van der Waals surface area contributed by atoms with Gasteiger partial charge in [0.2, 0.25) is 0 Å². The Bertz CT molecular complexity index is 679. The summed E-state index contributed by atoms with van der Waals surface area (Å²) in [5.74, 6) is -1.30. The average molecular weight is 361 g/mol. The number of carbonyl (C=O) groups excluding carboxylic acids is 2. The molecule has 1 amide bonds. The van der Waals surface area contributed by atoms with Gasteiger partial charge in [0.25, 0.3) is 0 Å². The Morgan fingerprint density at radius 3 is 2.62 bits per heavy atom. The largest absolute Gasteiger partial charge is 0.464 e. The predicted molar refractivity (Wildman–Crippen MR) is 91.9 cm³/mol. The molecule has 1 aliphatic heterocycles. The lowest BCUT2D eigenvalue weighted by Crippen LogP contribution is -2.37. The number of alkyl carbamates (subject to hydrolysis) is 1. The van der Waals surface area contributed by atoms with E-state index in [0.717, 1.165) is 24.0 Å². The van der Waals surface area contributed by atoms with Crippen LogP contribution in [0.5, 0.6) is 0 Å². The smallest absolute Gasteiger partial charge is 0.412 e. The molecule has 2 aliphatic rings. The van der Waals surface area contributed by atoms with Gasteiger partial charge < -0.3 is 18.9 Å². The molecular weight excluding hydrogens is 338 g/mol. The molecule has 26 heavy (non-hydrogen) atoms. The molecule has 0 atom stereocenters. The first-order chi connectivity index (χ1) is 12.6. The summed E-state index contributed by atoms with van der Waals surface area (Å²) >= 11 is 0. The zero-order valence-corrected chi connectivity index (χ0v) is 14.8. The van der Waals surface area contributed by atoms with Crippen LogP contribution in [0, 0.1) is 0 Å². The van der Waals surface area contributed by atoms with Gasteiger partial charge >= 0.3 is 12.1 Å². The van der Waals surface area contributed by atoms with Crippen LogP contribution in [-0.2, 0) is 30.3 Å². The molecule has 1 aromatic carbocycles. The van der Waals surface area contributed by atoms with Gasteiger partial charge in [-0.2, -0.15) is 0 Å². The van der Waals surface area contributed by atoms with Gasteiger partial charge in [-0.05, 0) is 24.0 Å². The Morgan fingerprint density at radius 2 is 1.92 bits per heavy atom. The third-order valence-corrected chi connectivity index (χ3v) is 4.52. The Hall–Kier alpha value is -2.38. The second-order valence-corrected chi connectivity index (χ2v) is 6.29. The fourth-order valence-corrected chi connectivity index (χ4v) is 3.28. The topological polar surface area (TPSA) is 83.1 Å². The minimum atomic E-state index is -0.699. The molecule has 2 fully saturated rings.